The van der Waals surface area contributed by atoms with Crippen LogP contribution in [0.15, 0.2) is 42.9 Å². The number of aromatic nitrogens is 5. The van der Waals surface area contributed by atoms with Crippen LogP contribution in [0.1, 0.15) is 29.5 Å². The first-order valence-electron chi connectivity index (χ1n) is 9.14. The van der Waals surface area contributed by atoms with Gasteiger partial charge in [-0.25, -0.2) is 15.0 Å². The van der Waals surface area contributed by atoms with E-state index in [-0.39, 0.29) is 5.91 Å². The van der Waals surface area contributed by atoms with Crippen molar-refractivity contribution < 1.29 is 9.53 Å². The lowest BCUT2D eigenvalue weighted by molar-refractivity contribution is 0.0956. The van der Waals surface area contributed by atoms with Crippen molar-refractivity contribution >= 4 is 11.6 Å². The van der Waals surface area contributed by atoms with Gasteiger partial charge in [0.2, 0.25) is 0 Å². The van der Waals surface area contributed by atoms with Crippen LogP contribution in [0.25, 0.3) is 11.5 Å². The highest BCUT2D eigenvalue weighted by atomic mass is 16.5. The summed E-state index contributed by atoms with van der Waals surface area (Å²) in [5.41, 5.74) is 1.50. The highest BCUT2D eigenvalue weighted by Crippen LogP contribution is 2.33. The summed E-state index contributed by atoms with van der Waals surface area (Å²) in [6.45, 7) is 3.52. The Morgan fingerprint density at radius 2 is 2.29 bits per heavy atom. The van der Waals surface area contributed by atoms with Crippen molar-refractivity contribution in [2.75, 3.05) is 25.1 Å². The number of hydrogen-bond donors (Lipinski definition) is 3. The Morgan fingerprint density at radius 1 is 1.36 bits per heavy atom. The van der Waals surface area contributed by atoms with Crippen molar-refractivity contribution in [2.24, 2.45) is 0 Å². The number of rotatable bonds is 6. The Labute approximate surface area is 162 Å². The number of nitrogens with zero attached hydrogens (tertiary/aromatic N) is 4. The molecule has 1 aliphatic heterocycles. The second-order valence-electron chi connectivity index (χ2n) is 6.55. The second-order valence-corrected chi connectivity index (χ2v) is 6.55. The third kappa shape index (κ3) is 3.56. The molecule has 1 fully saturated rings. The molecule has 0 aliphatic carbocycles. The molecule has 1 aromatic carbocycles. The number of hydrogen-bond acceptors (Lipinski definition) is 7. The standard InChI is InChI=1S/C19H21N7O2/c1-2-21-17(27)13-4-3-5-14(10-13)24-19(7-9-28-11-19)18-23-16(25-26-18)15-6-8-20-12-22-15/h3-6,8,10,12,24H,2,7,9,11H2,1H3,(H,21,27)(H,23,25,26). The fourth-order valence-corrected chi connectivity index (χ4v) is 3.20. The number of amides is 1. The molecular formula is C19H21N7O2. The van der Waals surface area contributed by atoms with Gasteiger partial charge in [-0.1, -0.05) is 6.07 Å². The summed E-state index contributed by atoms with van der Waals surface area (Å²) in [5.74, 6) is 1.07. The number of H-pyrrole nitrogens is 1. The summed E-state index contributed by atoms with van der Waals surface area (Å²) in [6.07, 6.45) is 3.83. The minimum Gasteiger partial charge on any atom is -0.378 e. The van der Waals surface area contributed by atoms with Gasteiger partial charge in [0.05, 0.1) is 6.61 Å². The van der Waals surface area contributed by atoms with Gasteiger partial charge in [-0.05, 0) is 31.2 Å². The average molecular weight is 379 g/mol. The number of nitrogens with one attached hydrogen (secondary N) is 3. The fraction of sp³-hybridized carbons (Fsp3) is 0.316. The number of anilines is 1. The SMILES string of the molecule is CCNC(=O)c1cccc(NC2(c3nc(-c4ccncn4)n[nH]3)CCOC2)c1. The van der Waals surface area contributed by atoms with E-state index in [1.807, 2.05) is 25.1 Å². The van der Waals surface area contributed by atoms with Crippen LogP contribution in [-0.4, -0.2) is 50.8 Å². The molecule has 1 amide bonds. The highest BCUT2D eigenvalue weighted by molar-refractivity contribution is 5.95. The Bertz CT molecular complexity index is 952. The smallest absolute Gasteiger partial charge is 0.251 e. The molecule has 0 radical (unpaired) electrons. The van der Waals surface area contributed by atoms with Crippen molar-refractivity contribution in [1.29, 1.82) is 0 Å². The topological polar surface area (TPSA) is 118 Å². The molecule has 28 heavy (non-hydrogen) atoms. The molecule has 3 heterocycles. The van der Waals surface area contributed by atoms with Gasteiger partial charge in [0.1, 0.15) is 17.6 Å². The molecule has 1 unspecified atom stereocenters. The molecule has 0 spiro atoms. The summed E-state index contributed by atoms with van der Waals surface area (Å²) in [6, 6.07) is 9.14. The lowest BCUT2D eigenvalue weighted by atomic mass is 9.97. The van der Waals surface area contributed by atoms with Crippen LogP contribution in [0.5, 0.6) is 0 Å². The van der Waals surface area contributed by atoms with Crippen molar-refractivity contribution in [3.05, 3.63) is 54.2 Å². The Balaban J connectivity index is 1.62. The number of carbonyl (C=O) groups excluding carboxylic acids is 1. The van der Waals surface area contributed by atoms with Crippen molar-refractivity contribution in [2.45, 2.75) is 18.9 Å². The third-order valence-electron chi connectivity index (χ3n) is 4.62. The van der Waals surface area contributed by atoms with Crippen molar-refractivity contribution in [3.63, 3.8) is 0 Å². The molecule has 2 aromatic heterocycles. The van der Waals surface area contributed by atoms with Crippen LogP contribution in [0.4, 0.5) is 5.69 Å². The van der Waals surface area contributed by atoms with Crippen LogP contribution in [0.2, 0.25) is 0 Å². The average Bonchev–Trinajstić information content (AvgIpc) is 3.40. The summed E-state index contributed by atoms with van der Waals surface area (Å²) >= 11 is 0. The number of benzene rings is 1. The van der Waals surface area contributed by atoms with E-state index in [9.17, 15) is 4.79 Å². The monoisotopic (exact) mass is 379 g/mol. The van der Waals surface area contributed by atoms with E-state index in [0.717, 1.165) is 12.1 Å². The van der Waals surface area contributed by atoms with E-state index in [1.54, 1.807) is 18.3 Å². The van der Waals surface area contributed by atoms with E-state index < -0.39 is 5.54 Å². The lowest BCUT2D eigenvalue weighted by Gasteiger charge is -2.27. The van der Waals surface area contributed by atoms with Gasteiger partial charge in [-0.3, -0.25) is 9.89 Å². The van der Waals surface area contributed by atoms with Gasteiger partial charge < -0.3 is 15.4 Å². The molecule has 1 aliphatic rings. The number of carbonyl (C=O) groups is 1. The van der Waals surface area contributed by atoms with Crippen LogP contribution in [-0.2, 0) is 10.3 Å². The molecule has 1 saturated heterocycles. The van der Waals surface area contributed by atoms with E-state index in [0.29, 0.717) is 42.7 Å². The van der Waals surface area contributed by atoms with E-state index in [4.69, 9.17) is 4.74 Å². The predicted molar refractivity (Wildman–Crippen MR) is 103 cm³/mol. The maximum Gasteiger partial charge on any atom is 0.251 e. The minimum absolute atomic E-state index is 0.103. The second kappa shape index (κ2) is 7.73. The fourth-order valence-electron chi connectivity index (χ4n) is 3.20. The van der Waals surface area contributed by atoms with Crippen molar-refractivity contribution in [3.8, 4) is 11.5 Å². The van der Waals surface area contributed by atoms with Gasteiger partial charge in [-0.15, -0.1) is 0 Å². The Hall–Kier alpha value is -3.33. The van der Waals surface area contributed by atoms with Crippen LogP contribution < -0.4 is 10.6 Å². The van der Waals surface area contributed by atoms with E-state index in [1.165, 1.54) is 6.33 Å². The molecule has 9 nitrogen and oxygen atoms in total. The third-order valence-corrected chi connectivity index (χ3v) is 4.62. The van der Waals surface area contributed by atoms with Crippen LogP contribution >= 0.6 is 0 Å². The summed E-state index contributed by atoms with van der Waals surface area (Å²) < 4.78 is 5.66. The molecular weight excluding hydrogens is 358 g/mol. The van der Waals surface area contributed by atoms with Gasteiger partial charge in [0.15, 0.2) is 11.6 Å². The maximum atomic E-state index is 12.1. The van der Waals surface area contributed by atoms with Gasteiger partial charge in [-0.2, -0.15) is 5.10 Å². The highest BCUT2D eigenvalue weighted by Gasteiger charge is 2.40. The molecule has 9 heteroatoms. The van der Waals surface area contributed by atoms with Gasteiger partial charge in [0, 0.05) is 37.0 Å². The number of aromatic amines is 1. The summed E-state index contributed by atoms with van der Waals surface area (Å²) in [7, 11) is 0. The molecule has 0 saturated carbocycles. The zero-order valence-corrected chi connectivity index (χ0v) is 15.5. The zero-order valence-electron chi connectivity index (χ0n) is 15.5. The van der Waals surface area contributed by atoms with E-state index >= 15 is 0 Å². The summed E-state index contributed by atoms with van der Waals surface area (Å²) in [5, 5.41) is 13.6. The lowest BCUT2D eigenvalue weighted by Crippen LogP contribution is -2.37. The van der Waals surface area contributed by atoms with Crippen LogP contribution in [0, 0.1) is 0 Å². The molecule has 1 atom stereocenters. The molecule has 4 rings (SSSR count). The molecule has 3 N–H and O–H groups in total. The first kappa shape index (κ1) is 18.1. The normalized spacial score (nSPS) is 18.8. The van der Waals surface area contributed by atoms with Crippen molar-refractivity contribution in [1.82, 2.24) is 30.5 Å². The zero-order chi connectivity index (χ0) is 19.4. The van der Waals surface area contributed by atoms with E-state index in [2.05, 4.69) is 35.8 Å². The maximum absolute atomic E-state index is 12.1. The van der Waals surface area contributed by atoms with Gasteiger partial charge >= 0.3 is 0 Å². The Kier molecular flexibility index (Phi) is 4.98. The first-order valence-corrected chi connectivity index (χ1v) is 9.14. The number of ether oxygens (including phenoxy) is 1. The predicted octanol–water partition coefficient (Wildman–Crippen LogP) is 1.74. The largest absolute Gasteiger partial charge is 0.378 e. The van der Waals surface area contributed by atoms with Crippen LogP contribution in [0.3, 0.4) is 0 Å². The molecule has 144 valence electrons. The quantitative estimate of drug-likeness (QED) is 0.597. The Morgan fingerprint density at radius 3 is 3.04 bits per heavy atom. The van der Waals surface area contributed by atoms with Gasteiger partial charge in [0.25, 0.3) is 5.91 Å². The summed E-state index contributed by atoms with van der Waals surface area (Å²) in [4.78, 5) is 24.9. The molecule has 3 aromatic rings. The minimum atomic E-state index is -0.557. The first-order chi connectivity index (χ1) is 13.7. The molecule has 0 bridgehead atoms.